The molecule has 0 fully saturated rings. The lowest BCUT2D eigenvalue weighted by Gasteiger charge is -1.95. The molecule has 5 heteroatoms. The van der Waals surface area contributed by atoms with Gasteiger partial charge in [-0.05, 0) is 6.92 Å². The van der Waals surface area contributed by atoms with Crippen molar-refractivity contribution in [2.45, 2.75) is 13.3 Å². The molecule has 0 radical (unpaired) electrons. The number of hydrogen-bond donors (Lipinski definition) is 3. The van der Waals surface area contributed by atoms with E-state index in [1.54, 1.807) is 0 Å². The number of hydrogen-bond acceptors (Lipinski definition) is 5. The van der Waals surface area contributed by atoms with Gasteiger partial charge in [0.2, 0.25) is 0 Å². The van der Waals surface area contributed by atoms with Crippen LogP contribution in [-0.4, -0.2) is 21.1 Å². The largest absolute Gasteiger partial charge is 0.508 e. The smallest absolute Gasteiger partial charge is 0.169 e. The molecule has 5 nitrogen and oxygen atoms in total. The maximum atomic E-state index is 10.9. The minimum absolute atomic E-state index is 0.0548. The summed E-state index contributed by atoms with van der Waals surface area (Å²) in [6.45, 7) is 1.37. The summed E-state index contributed by atoms with van der Waals surface area (Å²) < 4.78 is 5.18. The van der Waals surface area contributed by atoms with E-state index < -0.39 is 0 Å². The Bertz CT molecular complexity index is 567. The Balaban J connectivity index is 2.68. The zero-order chi connectivity index (χ0) is 11.9. The van der Waals surface area contributed by atoms with E-state index in [0.717, 1.165) is 6.07 Å². The first-order valence-corrected chi connectivity index (χ1v) is 4.65. The van der Waals surface area contributed by atoms with Crippen LogP contribution in [0.5, 0.6) is 17.2 Å². The summed E-state index contributed by atoms with van der Waals surface area (Å²) >= 11 is 0. The van der Waals surface area contributed by atoms with E-state index in [-0.39, 0.29) is 46.2 Å². The molecular weight excluding hydrogens is 212 g/mol. The molecule has 0 aliphatic carbocycles. The number of phenolic OH excluding ortho intramolecular Hbond substituents is 2. The summed E-state index contributed by atoms with van der Waals surface area (Å²) in [6, 6.07) is 2.35. The Labute approximate surface area is 90.5 Å². The van der Waals surface area contributed by atoms with Crippen molar-refractivity contribution in [3.63, 3.8) is 0 Å². The molecule has 16 heavy (non-hydrogen) atoms. The van der Waals surface area contributed by atoms with Crippen molar-refractivity contribution >= 4 is 16.8 Å². The number of fused-ring (bicyclic) bond motifs is 1. The molecule has 3 N–H and O–H groups in total. The predicted molar refractivity (Wildman–Crippen MR) is 55.6 cm³/mol. The summed E-state index contributed by atoms with van der Waals surface area (Å²) in [5.41, 5.74) is 0.145. The average molecular weight is 222 g/mol. The third kappa shape index (κ3) is 1.56. The predicted octanol–water partition coefficient (Wildman–Crippen LogP) is 1.68. The summed E-state index contributed by atoms with van der Waals surface area (Å²) in [5, 5.41) is 28.6. The maximum absolute atomic E-state index is 10.9. The van der Waals surface area contributed by atoms with Crippen molar-refractivity contribution < 1.29 is 24.5 Å². The van der Waals surface area contributed by atoms with Crippen LogP contribution in [-0.2, 0) is 11.2 Å². The molecule has 0 saturated heterocycles. The van der Waals surface area contributed by atoms with E-state index in [1.807, 2.05) is 0 Å². The van der Waals surface area contributed by atoms with E-state index in [1.165, 1.54) is 13.0 Å². The molecule has 2 aromatic rings. The van der Waals surface area contributed by atoms with Gasteiger partial charge in [0.1, 0.15) is 28.3 Å². The molecule has 1 aromatic heterocycles. The number of benzene rings is 1. The SMILES string of the molecule is CC(=O)Cc1oc2cc(O)cc(O)c2c1O. The van der Waals surface area contributed by atoms with Gasteiger partial charge >= 0.3 is 0 Å². The molecule has 0 unspecified atom stereocenters. The number of carbonyl (C=O) groups is 1. The van der Waals surface area contributed by atoms with Crippen LogP contribution in [0, 0.1) is 0 Å². The highest BCUT2D eigenvalue weighted by atomic mass is 16.4. The van der Waals surface area contributed by atoms with Gasteiger partial charge in [0.25, 0.3) is 0 Å². The van der Waals surface area contributed by atoms with Gasteiger partial charge in [0.05, 0.1) is 6.42 Å². The minimum Gasteiger partial charge on any atom is -0.508 e. The Morgan fingerprint density at radius 2 is 2.00 bits per heavy atom. The van der Waals surface area contributed by atoms with Crippen LogP contribution in [0.2, 0.25) is 0 Å². The second-order valence-electron chi connectivity index (χ2n) is 3.59. The number of Topliss-reactive ketones (excluding diaryl/α,β-unsaturated/α-hetero) is 1. The van der Waals surface area contributed by atoms with Gasteiger partial charge in [-0.15, -0.1) is 0 Å². The van der Waals surface area contributed by atoms with Crippen LogP contribution in [0.25, 0.3) is 11.0 Å². The van der Waals surface area contributed by atoms with Crippen LogP contribution in [0.1, 0.15) is 12.7 Å². The Hall–Kier alpha value is -2.17. The first-order chi connectivity index (χ1) is 7.49. The molecule has 0 aliphatic heterocycles. The van der Waals surface area contributed by atoms with Crippen molar-refractivity contribution in [3.05, 3.63) is 17.9 Å². The Morgan fingerprint density at radius 3 is 2.62 bits per heavy atom. The lowest BCUT2D eigenvalue weighted by molar-refractivity contribution is -0.116. The van der Waals surface area contributed by atoms with Gasteiger partial charge in [-0.2, -0.15) is 0 Å². The topological polar surface area (TPSA) is 90.9 Å². The molecule has 0 atom stereocenters. The molecular formula is C11H10O5. The molecule has 0 bridgehead atoms. The molecule has 0 saturated carbocycles. The van der Waals surface area contributed by atoms with E-state index >= 15 is 0 Å². The van der Waals surface area contributed by atoms with Crippen LogP contribution >= 0.6 is 0 Å². The van der Waals surface area contributed by atoms with Gasteiger partial charge in [-0.25, -0.2) is 0 Å². The van der Waals surface area contributed by atoms with E-state index in [0.29, 0.717) is 0 Å². The second-order valence-corrected chi connectivity index (χ2v) is 3.59. The quantitative estimate of drug-likeness (QED) is 0.719. The molecule has 0 amide bonds. The summed E-state index contributed by atoms with van der Waals surface area (Å²) in [7, 11) is 0. The van der Waals surface area contributed by atoms with Gasteiger partial charge in [-0.1, -0.05) is 0 Å². The van der Waals surface area contributed by atoms with Crippen LogP contribution in [0.4, 0.5) is 0 Å². The van der Waals surface area contributed by atoms with Gasteiger partial charge in [0.15, 0.2) is 11.5 Å². The fourth-order valence-corrected chi connectivity index (χ4v) is 1.57. The number of furan rings is 1. The normalized spacial score (nSPS) is 10.8. The highest BCUT2D eigenvalue weighted by Gasteiger charge is 2.18. The van der Waals surface area contributed by atoms with Gasteiger partial charge in [-0.3, -0.25) is 4.79 Å². The highest BCUT2D eigenvalue weighted by Crippen LogP contribution is 2.40. The van der Waals surface area contributed by atoms with Crippen molar-refractivity contribution in [2.75, 3.05) is 0 Å². The zero-order valence-corrected chi connectivity index (χ0v) is 8.52. The van der Waals surface area contributed by atoms with E-state index in [9.17, 15) is 20.1 Å². The molecule has 0 aliphatic rings. The number of carbonyl (C=O) groups excluding carboxylic acids is 1. The Morgan fingerprint density at radius 1 is 1.31 bits per heavy atom. The molecule has 1 aromatic carbocycles. The van der Waals surface area contributed by atoms with E-state index in [2.05, 4.69) is 0 Å². The van der Waals surface area contributed by atoms with Gasteiger partial charge in [0, 0.05) is 12.1 Å². The monoisotopic (exact) mass is 222 g/mol. The van der Waals surface area contributed by atoms with Crippen molar-refractivity contribution in [1.29, 1.82) is 0 Å². The number of ketones is 1. The minimum atomic E-state index is -0.286. The molecule has 2 rings (SSSR count). The number of rotatable bonds is 2. The van der Waals surface area contributed by atoms with Crippen molar-refractivity contribution in [3.8, 4) is 17.2 Å². The fourth-order valence-electron chi connectivity index (χ4n) is 1.57. The van der Waals surface area contributed by atoms with Gasteiger partial charge < -0.3 is 19.7 Å². The summed E-state index contributed by atoms with van der Waals surface area (Å²) in [4.78, 5) is 10.9. The fraction of sp³-hybridized carbons (Fsp3) is 0.182. The highest BCUT2D eigenvalue weighted by molar-refractivity contribution is 5.93. The van der Waals surface area contributed by atoms with Crippen LogP contribution in [0.15, 0.2) is 16.5 Å². The third-order valence-electron chi connectivity index (χ3n) is 2.21. The summed E-state index contributed by atoms with van der Waals surface area (Å²) in [6.07, 6.45) is -0.0548. The van der Waals surface area contributed by atoms with Crippen LogP contribution in [0.3, 0.4) is 0 Å². The number of aromatic hydroxyl groups is 3. The van der Waals surface area contributed by atoms with E-state index in [4.69, 9.17) is 4.42 Å². The third-order valence-corrected chi connectivity index (χ3v) is 2.21. The van der Waals surface area contributed by atoms with Crippen molar-refractivity contribution in [2.24, 2.45) is 0 Å². The maximum Gasteiger partial charge on any atom is 0.169 e. The second kappa shape index (κ2) is 3.44. The standard InChI is InChI=1S/C11H10O5/c1-5(12)2-9-11(15)10-7(14)3-6(13)4-8(10)16-9/h3-4,13-15H,2H2,1H3. The van der Waals surface area contributed by atoms with Crippen molar-refractivity contribution in [1.82, 2.24) is 0 Å². The molecule has 84 valence electrons. The lowest BCUT2D eigenvalue weighted by atomic mass is 10.2. The van der Waals surface area contributed by atoms with Crippen LogP contribution < -0.4 is 0 Å². The molecule has 1 heterocycles. The first-order valence-electron chi connectivity index (χ1n) is 4.65. The Kier molecular flexibility index (Phi) is 2.23. The average Bonchev–Trinajstić information content (AvgIpc) is 2.41. The number of phenols is 2. The first kappa shape index (κ1) is 10.4. The summed E-state index contributed by atoms with van der Waals surface area (Å²) in [5.74, 6) is -0.802. The lowest BCUT2D eigenvalue weighted by Crippen LogP contribution is -1.94. The molecule has 0 spiro atoms. The zero-order valence-electron chi connectivity index (χ0n) is 8.52.